The average Bonchev–Trinajstić information content (AvgIpc) is 2.86. The van der Waals surface area contributed by atoms with E-state index in [-0.39, 0.29) is 5.56 Å². The summed E-state index contributed by atoms with van der Waals surface area (Å²) in [6.07, 6.45) is 0. The lowest BCUT2D eigenvalue weighted by molar-refractivity contribution is 0.415. The molecule has 0 aliphatic rings. The van der Waals surface area contributed by atoms with Gasteiger partial charge in [0.1, 0.15) is 5.75 Å². The molecule has 1 aromatic heterocycles. The number of rotatable bonds is 2. The minimum absolute atomic E-state index is 0.247. The molecule has 0 unspecified atom stereocenters. The molecule has 0 amide bonds. The van der Waals surface area contributed by atoms with Crippen LogP contribution in [-0.2, 0) is 0 Å². The van der Waals surface area contributed by atoms with Gasteiger partial charge in [-0.2, -0.15) is 0 Å². The molecule has 102 valence electrons. The second kappa shape index (κ2) is 4.59. The van der Waals surface area contributed by atoms with E-state index in [4.69, 9.17) is 4.74 Å². The maximum atomic E-state index is 13.3. The zero-order valence-corrected chi connectivity index (χ0v) is 10.5. The normalized spacial score (nSPS) is 11.0. The number of benzene rings is 2. The molecule has 0 aliphatic carbocycles. The molecule has 3 rings (SSSR count). The van der Waals surface area contributed by atoms with E-state index in [9.17, 15) is 13.2 Å². The second-order valence-corrected chi connectivity index (χ2v) is 4.39. The molecule has 0 bridgehead atoms. The molecule has 0 spiro atoms. The van der Waals surface area contributed by atoms with Gasteiger partial charge in [0, 0.05) is 22.2 Å². The number of methoxy groups -OCH3 is 1. The first-order chi connectivity index (χ1) is 9.58. The first-order valence-electron chi connectivity index (χ1n) is 5.90. The molecular formula is C15H10F3NO. The lowest BCUT2D eigenvalue weighted by atomic mass is 10.1. The Morgan fingerprint density at radius 3 is 2.30 bits per heavy atom. The number of hydrogen-bond acceptors (Lipinski definition) is 1. The number of H-pyrrole nitrogens is 1. The smallest absolute Gasteiger partial charge is 0.194 e. The Balaban J connectivity index is 2.14. The molecule has 0 saturated heterocycles. The summed E-state index contributed by atoms with van der Waals surface area (Å²) in [5.74, 6) is -3.21. The summed E-state index contributed by atoms with van der Waals surface area (Å²) in [6, 6.07) is 9.01. The molecule has 1 N–H and O–H groups in total. The maximum Gasteiger partial charge on any atom is 0.194 e. The highest BCUT2D eigenvalue weighted by atomic mass is 19.2. The number of halogens is 3. The van der Waals surface area contributed by atoms with Crippen molar-refractivity contribution in [2.24, 2.45) is 0 Å². The van der Waals surface area contributed by atoms with Crippen molar-refractivity contribution in [3.8, 4) is 17.0 Å². The highest BCUT2D eigenvalue weighted by Gasteiger charge is 2.13. The monoisotopic (exact) mass is 277 g/mol. The lowest BCUT2D eigenvalue weighted by Crippen LogP contribution is -1.91. The van der Waals surface area contributed by atoms with Crippen LogP contribution in [0.1, 0.15) is 0 Å². The van der Waals surface area contributed by atoms with Crippen LogP contribution in [0, 0.1) is 17.5 Å². The summed E-state index contributed by atoms with van der Waals surface area (Å²) in [5, 5.41) is 0.837. The van der Waals surface area contributed by atoms with Crippen LogP contribution in [0.4, 0.5) is 13.2 Å². The van der Waals surface area contributed by atoms with Gasteiger partial charge < -0.3 is 9.72 Å². The number of nitrogens with one attached hydrogen (secondary N) is 1. The van der Waals surface area contributed by atoms with E-state index in [0.717, 1.165) is 23.0 Å². The Labute approximate surface area is 112 Å². The van der Waals surface area contributed by atoms with Crippen LogP contribution in [-0.4, -0.2) is 12.1 Å². The van der Waals surface area contributed by atoms with Gasteiger partial charge >= 0.3 is 0 Å². The molecule has 0 saturated carbocycles. The van der Waals surface area contributed by atoms with Crippen LogP contribution in [0.3, 0.4) is 0 Å². The zero-order chi connectivity index (χ0) is 14.3. The van der Waals surface area contributed by atoms with E-state index in [2.05, 4.69) is 4.98 Å². The number of fused-ring (bicyclic) bond motifs is 1. The Hall–Kier alpha value is -2.43. The molecule has 0 aliphatic heterocycles. The summed E-state index contributed by atoms with van der Waals surface area (Å²) in [6.45, 7) is 0. The fourth-order valence-electron chi connectivity index (χ4n) is 2.10. The Morgan fingerprint density at radius 1 is 0.950 bits per heavy atom. The Kier molecular flexibility index (Phi) is 2.89. The van der Waals surface area contributed by atoms with E-state index in [1.165, 1.54) is 0 Å². The van der Waals surface area contributed by atoms with Crippen LogP contribution >= 0.6 is 0 Å². The van der Waals surface area contributed by atoms with Crippen molar-refractivity contribution in [1.82, 2.24) is 4.98 Å². The van der Waals surface area contributed by atoms with Gasteiger partial charge in [-0.25, -0.2) is 13.2 Å². The molecule has 5 heteroatoms. The topological polar surface area (TPSA) is 25.0 Å². The first kappa shape index (κ1) is 12.6. The molecule has 0 atom stereocenters. The van der Waals surface area contributed by atoms with Gasteiger partial charge in [-0.1, -0.05) is 0 Å². The van der Waals surface area contributed by atoms with Gasteiger partial charge in [-0.15, -0.1) is 0 Å². The second-order valence-electron chi connectivity index (χ2n) is 4.39. The molecule has 3 aromatic rings. The summed E-state index contributed by atoms with van der Waals surface area (Å²) in [7, 11) is 1.56. The third kappa shape index (κ3) is 2.01. The molecule has 2 aromatic carbocycles. The van der Waals surface area contributed by atoms with Gasteiger partial charge in [-0.05, 0) is 36.4 Å². The minimum Gasteiger partial charge on any atom is -0.497 e. The summed E-state index contributed by atoms with van der Waals surface area (Å²) in [5.41, 5.74) is 1.55. The van der Waals surface area contributed by atoms with Gasteiger partial charge in [0.2, 0.25) is 0 Å². The SMILES string of the molecule is COc1ccc2[nH]c(-c3cc(F)c(F)c(F)c3)cc2c1. The maximum absolute atomic E-state index is 13.3. The zero-order valence-electron chi connectivity index (χ0n) is 10.5. The van der Waals surface area contributed by atoms with Crippen molar-refractivity contribution in [2.75, 3.05) is 7.11 Å². The van der Waals surface area contributed by atoms with Crippen LogP contribution in [0.15, 0.2) is 36.4 Å². The number of hydrogen-bond donors (Lipinski definition) is 1. The fraction of sp³-hybridized carbons (Fsp3) is 0.0667. The number of aromatic nitrogens is 1. The van der Waals surface area contributed by atoms with Crippen LogP contribution in [0.2, 0.25) is 0 Å². The molecule has 0 fully saturated rings. The van der Waals surface area contributed by atoms with Crippen LogP contribution in [0.5, 0.6) is 5.75 Å². The summed E-state index contributed by atoms with van der Waals surface area (Å²) < 4.78 is 44.6. The number of ether oxygens (including phenoxy) is 1. The van der Waals surface area contributed by atoms with Crippen molar-refractivity contribution in [1.29, 1.82) is 0 Å². The van der Waals surface area contributed by atoms with E-state index >= 15 is 0 Å². The highest BCUT2D eigenvalue weighted by molar-refractivity contribution is 5.87. The largest absolute Gasteiger partial charge is 0.497 e. The van der Waals surface area contributed by atoms with Gasteiger partial charge in [-0.3, -0.25) is 0 Å². The molecule has 1 heterocycles. The van der Waals surface area contributed by atoms with Gasteiger partial charge in [0.05, 0.1) is 7.11 Å². The van der Waals surface area contributed by atoms with Crippen LogP contribution < -0.4 is 4.74 Å². The first-order valence-corrected chi connectivity index (χ1v) is 5.90. The van der Waals surface area contributed by atoms with Crippen molar-refractivity contribution >= 4 is 10.9 Å². The summed E-state index contributed by atoms with van der Waals surface area (Å²) in [4.78, 5) is 3.03. The minimum atomic E-state index is -1.47. The van der Waals surface area contributed by atoms with Crippen molar-refractivity contribution in [2.45, 2.75) is 0 Å². The Bertz CT molecular complexity index is 772. The van der Waals surface area contributed by atoms with Crippen molar-refractivity contribution in [3.63, 3.8) is 0 Å². The number of aromatic amines is 1. The molecule has 2 nitrogen and oxygen atoms in total. The Morgan fingerprint density at radius 2 is 1.65 bits per heavy atom. The fourth-order valence-corrected chi connectivity index (χ4v) is 2.10. The van der Waals surface area contributed by atoms with Gasteiger partial charge in [0.15, 0.2) is 17.5 Å². The quantitative estimate of drug-likeness (QED) is 0.695. The molecule has 20 heavy (non-hydrogen) atoms. The van der Waals surface area contributed by atoms with E-state index in [1.54, 1.807) is 31.4 Å². The third-order valence-corrected chi connectivity index (χ3v) is 3.12. The predicted molar refractivity (Wildman–Crippen MR) is 70.2 cm³/mol. The van der Waals surface area contributed by atoms with Crippen LogP contribution in [0.25, 0.3) is 22.2 Å². The third-order valence-electron chi connectivity index (χ3n) is 3.12. The van der Waals surface area contributed by atoms with Gasteiger partial charge in [0.25, 0.3) is 0 Å². The predicted octanol–water partition coefficient (Wildman–Crippen LogP) is 4.26. The van der Waals surface area contributed by atoms with Crippen molar-refractivity contribution < 1.29 is 17.9 Å². The van der Waals surface area contributed by atoms with Crippen molar-refractivity contribution in [3.05, 3.63) is 53.8 Å². The lowest BCUT2D eigenvalue weighted by Gasteiger charge is -2.00. The standard InChI is InChI=1S/C15H10F3NO/c1-20-10-2-3-13-8(4-10)7-14(19-13)9-5-11(16)15(18)12(17)6-9/h2-7,19H,1H3. The molecule has 0 radical (unpaired) electrons. The average molecular weight is 277 g/mol. The van der Waals surface area contributed by atoms with E-state index in [1.807, 2.05) is 0 Å². The van der Waals surface area contributed by atoms with E-state index < -0.39 is 17.5 Å². The molecular weight excluding hydrogens is 267 g/mol. The highest BCUT2D eigenvalue weighted by Crippen LogP contribution is 2.28. The summed E-state index contributed by atoms with van der Waals surface area (Å²) >= 11 is 0. The van der Waals surface area contributed by atoms with E-state index in [0.29, 0.717) is 11.4 Å².